The molecule has 0 saturated heterocycles. The molecule has 1 heterocycles. The molecular formula is C13H14F2N2O2. The molecule has 0 atom stereocenters. The van der Waals surface area contributed by atoms with E-state index in [9.17, 15) is 13.6 Å². The van der Waals surface area contributed by atoms with Gasteiger partial charge in [0.1, 0.15) is 5.82 Å². The predicted molar refractivity (Wildman–Crippen MR) is 69.9 cm³/mol. The molecule has 0 unspecified atom stereocenters. The summed E-state index contributed by atoms with van der Waals surface area (Å²) >= 11 is 0. The normalized spacial score (nSPS) is 11.5. The first kappa shape index (κ1) is 13.2. The number of benzene rings is 1. The van der Waals surface area contributed by atoms with Crippen LogP contribution < -0.4 is 5.32 Å². The SMILES string of the molecule is CC(F)(F)CNc1ccc2ccc(C(=O)O)cc2n1.[HH]. The van der Waals surface area contributed by atoms with Crippen LogP contribution in [0.25, 0.3) is 10.9 Å². The minimum Gasteiger partial charge on any atom is -0.478 e. The zero-order chi connectivity index (χ0) is 14.0. The molecule has 4 nitrogen and oxygen atoms in total. The van der Waals surface area contributed by atoms with Crippen molar-refractivity contribution in [2.24, 2.45) is 0 Å². The highest BCUT2D eigenvalue weighted by molar-refractivity contribution is 5.93. The number of pyridine rings is 1. The number of carboxylic acids is 1. The van der Waals surface area contributed by atoms with Gasteiger partial charge in [-0.1, -0.05) is 6.07 Å². The first-order valence-corrected chi connectivity index (χ1v) is 5.61. The molecular weight excluding hydrogens is 254 g/mol. The minimum absolute atomic E-state index is 0. The second-order valence-corrected chi connectivity index (χ2v) is 4.33. The molecule has 6 heteroatoms. The van der Waals surface area contributed by atoms with Crippen LogP contribution in [-0.4, -0.2) is 28.5 Å². The number of nitrogens with one attached hydrogen (secondary N) is 1. The number of alkyl halides is 2. The van der Waals surface area contributed by atoms with E-state index in [1.165, 1.54) is 12.1 Å². The Morgan fingerprint density at radius 2 is 2.11 bits per heavy atom. The number of carboxylic acid groups (broad SMARTS) is 1. The van der Waals surface area contributed by atoms with Crippen molar-refractivity contribution in [3.05, 3.63) is 35.9 Å². The molecule has 0 saturated carbocycles. The van der Waals surface area contributed by atoms with Crippen molar-refractivity contribution < 1.29 is 20.1 Å². The molecule has 0 amide bonds. The van der Waals surface area contributed by atoms with Crippen LogP contribution in [0.4, 0.5) is 14.6 Å². The van der Waals surface area contributed by atoms with Crippen LogP contribution in [0, 0.1) is 0 Å². The van der Waals surface area contributed by atoms with Crippen LogP contribution in [0.5, 0.6) is 0 Å². The second kappa shape index (κ2) is 4.79. The van der Waals surface area contributed by atoms with Crippen molar-refractivity contribution in [3.8, 4) is 0 Å². The summed E-state index contributed by atoms with van der Waals surface area (Å²) in [6, 6.07) is 7.79. The van der Waals surface area contributed by atoms with Gasteiger partial charge in [-0.15, -0.1) is 0 Å². The molecule has 0 bridgehead atoms. The molecule has 0 aliphatic rings. The second-order valence-electron chi connectivity index (χ2n) is 4.33. The van der Waals surface area contributed by atoms with E-state index in [-0.39, 0.29) is 12.8 Å². The average molecular weight is 268 g/mol. The molecule has 0 fully saturated rings. The lowest BCUT2D eigenvalue weighted by Gasteiger charge is -2.12. The minimum atomic E-state index is -2.83. The van der Waals surface area contributed by atoms with Crippen LogP contribution in [0.15, 0.2) is 30.3 Å². The third-order valence-corrected chi connectivity index (χ3v) is 2.52. The molecule has 0 radical (unpaired) electrons. The van der Waals surface area contributed by atoms with Crippen molar-refractivity contribution >= 4 is 22.7 Å². The number of hydrogen-bond donors (Lipinski definition) is 2. The standard InChI is InChI=1S/C13H12F2N2O2.H2/c1-13(14,15)7-16-11-5-4-8-2-3-9(12(18)19)6-10(8)17-11;/h2-6H,7H2,1H3,(H,16,17)(H,18,19);1H. The highest BCUT2D eigenvalue weighted by Gasteiger charge is 2.20. The van der Waals surface area contributed by atoms with Gasteiger partial charge in [0.2, 0.25) is 0 Å². The largest absolute Gasteiger partial charge is 0.478 e. The number of carbonyl (C=O) groups is 1. The summed E-state index contributed by atoms with van der Waals surface area (Å²) in [5, 5.41) is 12.1. The molecule has 1 aromatic heterocycles. The third kappa shape index (κ3) is 3.37. The summed E-state index contributed by atoms with van der Waals surface area (Å²) in [4.78, 5) is 15.0. The molecule has 0 aliphatic heterocycles. The van der Waals surface area contributed by atoms with Crippen LogP contribution in [-0.2, 0) is 0 Å². The van der Waals surface area contributed by atoms with E-state index in [4.69, 9.17) is 5.11 Å². The lowest BCUT2D eigenvalue weighted by Crippen LogP contribution is -2.23. The quantitative estimate of drug-likeness (QED) is 0.893. The first-order chi connectivity index (χ1) is 8.85. The molecule has 2 N–H and O–H groups in total. The van der Waals surface area contributed by atoms with Gasteiger partial charge in [-0.05, 0) is 24.3 Å². The lowest BCUT2D eigenvalue weighted by molar-refractivity contribution is 0.0367. The summed E-state index contributed by atoms with van der Waals surface area (Å²) in [5.41, 5.74) is 0.558. The summed E-state index contributed by atoms with van der Waals surface area (Å²) in [7, 11) is 0. The number of hydrogen-bond acceptors (Lipinski definition) is 3. The van der Waals surface area contributed by atoms with Gasteiger partial charge in [0.15, 0.2) is 0 Å². The maximum atomic E-state index is 12.7. The van der Waals surface area contributed by atoms with Gasteiger partial charge in [0.25, 0.3) is 5.92 Å². The fourth-order valence-electron chi connectivity index (χ4n) is 1.59. The number of nitrogens with zero attached hydrogens (tertiary/aromatic N) is 1. The monoisotopic (exact) mass is 268 g/mol. The molecule has 19 heavy (non-hydrogen) atoms. The number of aromatic carboxylic acids is 1. The number of fused-ring (bicyclic) bond motifs is 1. The Bertz CT molecular complexity index is 629. The predicted octanol–water partition coefficient (Wildman–Crippen LogP) is 3.25. The van der Waals surface area contributed by atoms with Crippen LogP contribution in [0.2, 0.25) is 0 Å². The van der Waals surface area contributed by atoms with E-state index in [2.05, 4.69) is 10.3 Å². The Hall–Kier alpha value is -2.24. The number of anilines is 1. The summed E-state index contributed by atoms with van der Waals surface area (Å²) in [6.07, 6.45) is 0. The van der Waals surface area contributed by atoms with Crippen molar-refractivity contribution in [2.45, 2.75) is 12.8 Å². The van der Waals surface area contributed by atoms with Gasteiger partial charge in [-0.2, -0.15) is 0 Å². The highest BCUT2D eigenvalue weighted by Crippen LogP contribution is 2.18. The Morgan fingerprint density at radius 1 is 1.42 bits per heavy atom. The Morgan fingerprint density at radius 3 is 2.74 bits per heavy atom. The molecule has 102 valence electrons. The Balaban J connectivity index is 0.00000200. The molecule has 2 aromatic rings. The zero-order valence-corrected chi connectivity index (χ0v) is 10.2. The topological polar surface area (TPSA) is 62.2 Å². The summed E-state index contributed by atoms with van der Waals surface area (Å²) in [6.45, 7) is 0.285. The fraction of sp³-hybridized carbons (Fsp3) is 0.231. The van der Waals surface area contributed by atoms with Crippen molar-refractivity contribution in [2.75, 3.05) is 11.9 Å². The third-order valence-electron chi connectivity index (χ3n) is 2.52. The smallest absolute Gasteiger partial charge is 0.335 e. The van der Waals surface area contributed by atoms with E-state index < -0.39 is 18.4 Å². The van der Waals surface area contributed by atoms with E-state index in [1.54, 1.807) is 18.2 Å². The van der Waals surface area contributed by atoms with Crippen molar-refractivity contribution in [1.29, 1.82) is 0 Å². The number of halogens is 2. The van der Waals surface area contributed by atoms with Gasteiger partial charge in [0, 0.05) is 13.7 Å². The summed E-state index contributed by atoms with van der Waals surface area (Å²) in [5.74, 6) is -3.60. The maximum Gasteiger partial charge on any atom is 0.335 e. The lowest BCUT2D eigenvalue weighted by atomic mass is 10.1. The van der Waals surface area contributed by atoms with Gasteiger partial charge < -0.3 is 10.4 Å². The zero-order valence-electron chi connectivity index (χ0n) is 10.2. The molecule has 1 aromatic carbocycles. The van der Waals surface area contributed by atoms with Gasteiger partial charge in [-0.25, -0.2) is 18.6 Å². The number of rotatable bonds is 4. The first-order valence-electron chi connectivity index (χ1n) is 5.61. The van der Waals surface area contributed by atoms with Gasteiger partial charge in [-0.3, -0.25) is 0 Å². The molecule has 2 rings (SSSR count). The van der Waals surface area contributed by atoms with E-state index in [0.717, 1.165) is 12.3 Å². The van der Waals surface area contributed by atoms with Crippen molar-refractivity contribution in [1.82, 2.24) is 4.98 Å². The van der Waals surface area contributed by atoms with Gasteiger partial charge in [0.05, 0.1) is 17.6 Å². The van der Waals surface area contributed by atoms with Crippen LogP contribution in [0.1, 0.15) is 18.7 Å². The van der Waals surface area contributed by atoms with E-state index >= 15 is 0 Å². The van der Waals surface area contributed by atoms with Gasteiger partial charge >= 0.3 is 5.97 Å². The maximum absolute atomic E-state index is 12.7. The van der Waals surface area contributed by atoms with E-state index in [1.807, 2.05) is 0 Å². The Kier molecular flexibility index (Phi) is 3.33. The highest BCUT2D eigenvalue weighted by atomic mass is 19.3. The fourth-order valence-corrected chi connectivity index (χ4v) is 1.59. The number of aromatic nitrogens is 1. The average Bonchev–Trinajstić information content (AvgIpc) is 2.34. The Labute approximate surface area is 109 Å². The molecule has 0 spiro atoms. The van der Waals surface area contributed by atoms with E-state index in [0.29, 0.717) is 5.52 Å². The van der Waals surface area contributed by atoms with Crippen molar-refractivity contribution in [3.63, 3.8) is 0 Å². The van der Waals surface area contributed by atoms with Crippen LogP contribution >= 0.6 is 0 Å². The van der Waals surface area contributed by atoms with Crippen LogP contribution in [0.3, 0.4) is 0 Å². The molecule has 0 aliphatic carbocycles. The summed E-state index contributed by atoms with van der Waals surface area (Å²) < 4.78 is 25.4.